The molecule has 0 heterocycles. The van der Waals surface area contributed by atoms with Crippen molar-refractivity contribution in [2.75, 3.05) is 11.5 Å². The molecule has 4 amide bonds. The summed E-state index contributed by atoms with van der Waals surface area (Å²) in [5, 5.41) is 27.8. The largest absolute Gasteiger partial charge is 0.481 e. The van der Waals surface area contributed by atoms with E-state index in [0.29, 0.717) is 0 Å². The summed E-state index contributed by atoms with van der Waals surface area (Å²) in [6, 6.07) is -6.21. The molecule has 5 unspecified atom stereocenters. The van der Waals surface area contributed by atoms with Crippen LogP contribution >= 0.6 is 25.3 Å². The Morgan fingerprint density at radius 2 is 1.22 bits per heavy atom. The third-order valence-corrected chi connectivity index (χ3v) is 5.69. The molecule has 0 aliphatic carbocycles. The standard InChI is InChI=1S/C21H37N5O8S2/c1-9(2)5-12(23-17(29)11(22)7-35)18(30)24-13(6-15(27)28)19(31)26-16(10(3)4)20(32)25-14(8-36)21(33)34/h9-14,16,35-36H,5-8,22H2,1-4H3,(H,23,29)(H,24,30)(H,25,32)(H,26,31)(H,27,28)(H,33,34). The lowest BCUT2D eigenvalue weighted by Crippen LogP contribution is -2.60. The Morgan fingerprint density at radius 1 is 0.722 bits per heavy atom. The number of carboxylic acids is 2. The highest BCUT2D eigenvalue weighted by Crippen LogP contribution is 2.08. The molecule has 0 fully saturated rings. The minimum absolute atomic E-state index is 0.0283. The van der Waals surface area contributed by atoms with Crippen molar-refractivity contribution in [3.63, 3.8) is 0 Å². The zero-order valence-electron chi connectivity index (χ0n) is 20.7. The quantitative estimate of drug-likeness (QED) is 0.100. The predicted molar refractivity (Wildman–Crippen MR) is 138 cm³/mol. The fourth-order valence-electron chi connectivity index (χ4n) is 2.96. The van der Waals surface area contributed by atoms with Crippen LogP contribution in [-0.4, -0.2) is 87.5 Å². The molecule has 0 spiro atoms. The van der Waals surface area contributed by atoms with E-state index in [-0.39, 0.29) is 23.8 Å². The van der Waals surface area contributed by atoms with Crippen molar-refractivity contribution in [1.82, 2.24) is 21.3 Å². The molecular formula is C21H37N5O8S2. The molecule has 0 aliphatic heterocycles. The molecule has 0 rings (SSSR count). The van der Waals surface area contributed by atoms with Gasteiger partial charge in [-0.25, -0.2) is 4.79 Å². The van der Waals surface area contributed by atoms with E-state index < -0.39 is 78.1 Å². The van der Waals surface area contributed by atoms with Crippen LogP contribution in [0.3, 0.4) is 0 Å². The van der Waals surface area contributed by atoms with Crippen molar-refractivity contribution in [1.29, 1.82) is 0 Å². The monoisotopic (exact) mass is 551 g/mol. The molecule has 0 aromatic heterocycles. The smallest absolute Gasteiger partial charge is 0.327 e. The molecule has 206 valence electrons. The van der Waals surface area contributed by atoms with Gasteiger partial charge in [0, 0.05) is 11.5 Å². The summed E-state index contributed by atoms with van der Waals surface area (Å²) in [6.07, 6.45) is -0.632. The van der Waals surface area contributed by atoms with Crippen LogP contribution in [0.5, 0.6) is 0 Å². The van der Waals surface area contributed by atoms with Gasteiger partial charge >= 0.3 is 11.9 Å². The minimum atomic E-state index is -1.59. The van der Waals surface area contributed by atoms with E-state index in [2.05, 4.69) is 46.5 Å². The number of aliphatic carboxylic acids is 2. The van der Waals surface area contributed by atoms with Gasteiger partial charge in [0.1, 0.15) is 24.2 Å². The first-order valence-corrected chi connectivity index (χ1v) is 12.5. The molecule has 0 radical (unpaired) electrons. The van der Waals surface area contributed by atoms with Gasteiger partial charge < -0.3 is 37.2 Å². The second-order valence-electron chi connectivity index (χ2n) is 8.95. The number of hydrogen-bond acceptors (Lipinski definition) is 9. The summed E-state index contributed by atoms with van der Waals surface area (Å²) < 4.78 is 0. The minimum Gasteiger partial charge on any atom is -0.481 e. The summed E-state index contributed by atoms with van der Waals surface area (Å²) >= 11 is 7.82. The Bertz CT molecular complexity index is 811. The molecule has 13 nitrogen and oxygen atoms in total. The predicted octanol–water partition coefficient (Wildman–Crippen LogP) is -1.63. The van der Waals surface area contributed by atoms with Crippen LogP contribution in [0.1, 0.15) is 40.5 Å². The average Bonchev–Trinajstić information content (AvgIpc) is 2.77. The van der Waals surface area contributed by atoms with Crippen molar-refractivity contribution in [3.8, 4) is 0 Å². The Hall–Kier alpha value is -2.52. The van der Waals surface area contributed by atoms with E-state index in [1.807, 2.05) is 0 Å². The summed E-state index contributed by atoms with van der Waals surface area (Å²) in [5.74, 6) is -6.69. The zero-order valence-corrected chi connectivity index (χ0v) is 22.5. The van der Waals surface area contributed by atoms with Crippen LogP contribution in [0.15, 0.2) is 0 Å². The van der Waals surface area contributed by atoms with E-state index in [9.17, 15) is 33.9 Å². The van der Waals surface area contributed by atoms with Crippen LogP contribution in [0, 0.1) is 11.8 Å². The maximum Gasteiger partial charge on any atom is 0.327 e. The van der Waals surface area contributed by atoms with Gasteiger partial charge in [-0.3, -0.25) is 24.0 Å². The van der Waals surface area contributed by atoms with E-state index in [1.165, 1.54) is 0 Å². The van der Waals surface area contributed by atoms with Gasteiger partial charge in [-0.15, -0.1) is 0 Å². The van der Waals surface area contributed by atoms with Crippen LogP contribution < -0.4 is 27.0 Å². The third kappa shape index (κ3) is 11.9. The lowest BCUT2D eigenvalue weighted by molar-refractivity contribution is -0.143. The van der Waals surface area contributed by atoms with Crippen molar-refractivity contribution < 1.29 is 39.0 Å². The van der Waals surface area contributed by atoms with E-state index in [4.69, 9.17) is 10.8 Å². The molecule has 0 aromatic rings. The van der Waals surface area contributed by atoms with Gasteiger partial charge in [-0.1, -0.05) is 27.7 Å². The first kappa shape index (κ1) is 33.5. The second-order valence-corrected chi connectivity index (χ2v) is 9.68. The number of nitrogens with one attached hydrogen (secondary N) is 4. The van der Waals surface area contributed by atoms with Crippen molar-refractivity contribution in [3.05, 3.63) is 0 Å². The van der Waals surface area contributed by atoms with E-state index >= 15 is 0 Å². The van der Waals surface area contributed by atoms with Crippen LogP contribution in [0.4, 0.5) is 0 Å². The Balaban J connectivity index is 5.71. The highest BCUT2D eigenvalue weighted by atomic mass is 32.1. The van der Waals surface area contributed by atoms with Gasteiger partial charge in [0.2, 0.25) is 23.6 Å². The number of thiol groups is 2. The SMILES string of the molecule is CC(C)CC(NC(=O)C(N)CS)C(=O)NC(CC(=O)O)C(=O)NC(C(=O)NC(CS)C(=O)O)C(C)C. The van der Waals surface area contributed by atoms with Gasteiger partial charge in [0.25, 0.3) is 0 Å². The van der Waals surface area contributed by atoms with Crippen LogP contribution in [0.25, 0.3) is 0 Å². The third-order valence-electron chi connectivity index (χ3n) is 4.93. The molecular weight excluding hydrogens is 514 g/mol. The lowest BCUT2D eigenvalue weighted by atomic mass is 10.0. The number of nitrogens with two attached hydrogens (primary N) is 1. The van der Waals surface area contributed by atoms with Crippen molar-refractivity contribution >= 4 is 60.8 Å². The molecule has 0 bridgehead atoms. The topological polar surface area (TPSA) is 217 Å². The Labute approximate surface area is 220 Å². The second kappa shape index (κ2) is 16.3. The molecule has 8 N–H and O–H groups in total. The fraction of sp³-hybridized carbons (Fsp3) is 0.714. The number of carbonyl (C=O) groups excluding carboxylic acids is 4. The maximum absolute atomic E-state index is 12.9. The van der Waals surface area contributed by atoms with E-state index in [1.54, 1.807) is 27.7 Å². The van der Waals surface area contributed by atoms with Crippen LogP contribution in [0.2, 0.25) is 0 Å². The number of carboxylic acid groups (broad SMARTS) is 2. The summed E-state index contributed by atoms with van der Waals surface area (Å²) in [6.45, 7) is 6.77. The van der Waals surface area contributed by atoms with Gasteiger partial charge in [0.15, 0.2) is 0 Å². The summed E-state index contributed by atoms with van der Waals surface area (Å²) in [5.41, 5.74) is 5.64. The number of rotatable bonds is 16. The summed E-state index contributed by atoms with van der Waals surface area (Å²) in [7, 11) is 0. The molecule has 0 aromatic carbocycles. The highest BCUT2D eigenvalue weighted by molar-refractivity contribution is 7.80. The highest BCUT2D eigenvalue weighted by Gasteiger charge is 2.33. The average molecular weight is 552 g/mol. The first-order valence-electron chi connectivity index (χ1n) is 11.3. The van der Waals surface area contributed by atoms with Crippen molar-refractivity contribution in [2.45, 2.75) is 70.7 Å². The summed E-state index contributed by atoms with van der Waals surface area (Å²) in [4.78, 5) is 73.2. The molecule has 36 heavy (non-hydrogen) atoms. The Morgan fingerprint density at radius 3 is 1.64 bits per heavy atom. The van der Waals surface area contributed by atoms with Gasteiger partial charge in [-0.2, -0.15) is 25.3 Å². The number of carbonyl (C=O) groups is 6. The lowest BCUT2D eigenvalue weighted by Gasteiger charge is -2.27. The van der Waals surface area contributed by atoms with Crippen LogP contribution in [-0.2, 0) is 28.8 Å². The van der Waals surface area contributed by atoms with Gasteiger partial charge in [0.05, 0.1) is 12.5 Å². The first-order chi connectivity index (χ1) is 16.6. The zero-order chi connectivity index (χ0) is 28.2. The molecule has 15 heteroatoms. The van der Waals surface area contributed by atoms with Gasteiger partial charge in [-0.05, 0) is 18.3 Å². The van der Waals surface area contributed by atoms with Crippen molar-refractivity contribution in [2.24, 2.45) is 17.6 Å². The Kier molecular flexibility index (Phi) is 15.1. The number of amides is 4. The number of hydrogen-bond donors (Lipinski definition) is 9. The fourth-order valence-corrected chi connectivity index (χ4v) is 3.37. The molecule has 0 saturated heterocycles. The van der Waals surface area contributed by atoms with E-state index in [0.717, 1.165) is 0 Å². The molecule has 0 aliphatic rings. The molecule has 5 atom stereocenters. The maximum atomic E-state index is 12.9. The molecule has 0 saturated carbocycles. The normalized spacial score (nSPS) is 15.2.